The van der Waals surface area contributed by atoms with E-state index in [1.165, 1.54) is 11.4 Å². The van der Waals surface area contributed by atoms with Crippen LogP contribution in [0.15, 0.2) is 59.5 Å². The van der Waals surface area contributed by atoms with Gasteiger partial charge in [-0.25, -0.2) is 13.2 Å². The van der Waals surface area contributed by atoms with Crippen LogP contribution in [0.4, 0.5) is 4.79 Å². The minimum absolute atomic E-state index is 0.137. The standard InChI is InChI=1S/C28H40N2O6S/c1-21(2)16-23-18-30(37(32,33)26-14-12-25(34-6)13-15-26)24(17-29(23)27(31)36-28(3,4)5)20-35-19-22-10-8-7-9-11-22/h7-15,21,23-24H,16-20H2,1-6H3/t23-,24-/m1/s1. The average molecular weight is 533 g/mol. The number of hydrogen-bond acceptors (Lipinski definition) is 6. The fraction of sp³-hybridized carbons (Fsp3) is 0.536. The molecule has 1 fully saturated rings. The molecule has 2 aromatic rings. The number of carbonyl (C=O) groups is 1. The Bertz CT molecular complexity index is 1110. The van der Waals surface area contributed by atoms with Gasteiger partial charge in [-0.2, -0.15) is 4.31 Å². The number of ether oxygens (including phenoxy) is 3. The van der Waals surface area contributed by atoms with E-state index in [0.717, 1.165) is 5.56 Å². The zero-order valence-corrected chi connectivity index (χ0v) is 23.5. The van der Waals surface area contributed by atoms with Gasteiger partial charge in [0.2, 0.25) is 10.0 Å². The second-order valence-electron chi connectivity index (χ2n) is 10.8. The maximum atomic E-state index is 13.9. The molecule has 0 aromatic heterocycles. The lowest BCUT2D eigenvalue weighted by Crippen LogP contribution is -2.63. The Kier molecular flexibility index (Phi) is 9.61. The van der Waals surface area contributed by atoms with Crippen LogP contribution in [-0.2, 0) is 26.1 Å². The second kappa shape index (κ2) is 12.3. The van der Waals surface area contributed by atoms with Gasteiger partial charge in [-0.1, -0.05) is 44.2 Å². The number of carbonyl (C=O) groups excluding carboxylic acids is 1. The van der Waals surface area contributed by atoms with Gasteiger partial charge in [0.05, 0.1) is 31.3 Å². The van der Waals surface area contributed by atoms with E-state index in [1.54, 1.807) is 29.2 Å². The summed E-state index contributed by atoms with van der Waals surface area (Å²) in [6.45, 7) is 10.4. The number of nitrogens with zero attached hydrogens (tertiary/aromatic N) is 2. The number of amides is 1. The molecule has 0 spiro atoms. The smallest absolute Gasteiger partial charge is 0.410 e. The first-order valence-corrected chi connectivity index (χ1v) is 14.1. The van der Waals surface area contributed by atoms with E-state index >= 15 is 0 Å². The van der Waals surface area contributed by atoms with Crippen LogP contribution in [0.1, 0.15) is 46.6 Å². The summed E-state index contributed by atoms with van der Waals surface area (Å²) in [7, 11) is -2.33. The first-order chi connectivity index (χ1) is 17.4. The Morgan fingerprint density at radius 1 is 1.00 bits per heavy atom. The van der Waals surface area contributed by atoms with Gasteiger partial charge in [-0.15, -0.1) is 0 Å². The lowest BCUT2D eigenvalue weighted by molar-refractivity contribution is -0.0198. The highest BCUT2D eigenvalue weighted by Crippen LogP contribution is 2.29. The molecule has 0 saturated carbocycles. The van der Waals surface area contributed by atoms with Gasteiger partial charge in [-0.05, 0) is 62.9 Å². The highest BCUT2D eigenvalue weighted by Gasteiger charge is 2.43. The maximum Gasteiger partial charge on any atom is 0.410 e. The largest absolute Gasteiger partial charge is 0.497 e. The van der Waals surface area contributed by atoms with Crippen molar-refractivity contribution in [2.24, 2.45) is 5.92 Å². The van der Waals surface area contributed by atoms with E-state index in [1.807, 2.05) is 51.1 Å². The molecule has 37 heavy (non-hydrogen) atoms. The van der Waals surface area contributed by atoms with Gasteiger partial charge >= 0.3 is 6.09 Å². The van der Waals surface area contributed by atoms with Gasteiger partial charge in [0.1, 0.15) is 11.4 Å². The molecule has 0 bridgehead atoms. The molecule has 1 heterocycles. The topological polar surface area (TPSA) is 85.4 Å². The van der Waals surface area contributed by atoms with E-state index < -0.39 is 27.8 Å². The molecule has 0 aliphatic carbocycles. The number of sulfonamides is 1. The van der Waals surface area contributed by atoms with Gasteiger partial charge < -0.3 is 19.1 Å². The van der Waals surface area contributed by atoms with Crippen LogP contribution < -0.4 is 4.74 Å². The minimum Gasteiger partial charge on any atom is -0.497 e. The molecule has 1 aliphatic rings. The summed E-state index contributed by atoms with van der Waals surface area (Å²) in [5.74, 6) is 0.834. The van der Waals surface area contributed by atoms with Crippen molar-refractivity contribution < 1.29 is 27.4 Å². The summed E-state index contributed by atoms with van der Waals surface area (Å²) in [4.78, 5) is 15.1. The van der Waals surface area contributed by atoms with Crippen molar-refractivity contribution in [2.45, 2.75) is 70.2 Å². The van der Waals surface area contributed by atoms with Gasteiger partial charge in [0, 0.05) is 19.1 Å². The Labute approximate surface area is 221 Å². The van der Waals surface area contributed by atoms with Crippen LogP contribution in [0.25, 0.3) is 0 Å². The van der Waals surface area contributed by atoms with Gasteiger partial charge in [0.25, 0.3) is 0 Å². The lowest BCUT2D eigenvalue weighted by Gasteiger charge is -2.46. The summed E-state index contributed by atoms with van der Waals surface area (Å²) < 4.78 is 46.1. The molecule has 0 N–H and O–H groups in total. The third-order valence-electron chi connectivity index (χ3n) is 6.11. The third-order valence-corrected chi connectivity index (χ3v) is 8.04. The molecule has 2 atom stereocenters. The van der Waals surface area contributed by atoms with Crippen LogP contribution in [0.5, 0.6) is 5.75 Å². The highest BCUT2D eigenvalue weighted by molar-refractivity contribution is 7.89. The molecule has 2 aromatic carbocycles. The molecule has 1 aliphatic heterocycles. The maximum absolute atomic E-state index is 13.9. The predicted molar refractivity (Wildman–Crippen MR) is 143 cm³/mol. The minimum atomic E-state index is -3.87. The van der Waals surface area contributed by atoms with Crippen LogP contribution in [-0.4, -0.2) is 68.2 Å². The first kappa shape index (κ1) is 28.9. The SMILES string of the molecule is COc1ccc(S(=O)(=O)N2C[C@@H](CC(C)C)N(C(=O)OC(C)(C)C)C[C@@H]2COCc2ccccc2)cc1. The van der Waals surface area contributed by atoms with Crippen molar-refractivity contribution in [2.75, 3.05) is 26.8 Å². The Balaban J connectivity index is 1.91. The zero-order chi connectivity index (χ0) is 27.2. The van der Waals surface area contributed by atoms with Crippen molar-refractivity contribution in [1.29, 1.82) is 0 Å². The van der Waals surface area contributed by atoms with Crippen LogP contribution in [0.3, 0.4) is 0 Å². The van der Waals surface area contributed by atoms with Crippen molar-refractivity contribution >= 4 is 16.1 Å². The van der Waals surface area contributed by atoms with E-state index in [-0.39, 0.29) is 36.6 Å². The highest BCUT2D eigenvalue weighted by atomic mass is 32.2. The molecule has 204 valence electrons. The fourth-order valence-corrected chi connectivity index (χ4v) is 6.05. The molecule has 0 radical (unpaired) electrons. The number of methoxy groups -OCH3 is 1. The molecule has 8 nitrogen and oxygen atoms in total. The Morgan fingerprint density at radius 3 is 2.22 bits per heavy atom. The third kappa shape index (κ3) is 7.93. The monoisotopic (exact) mass is 532 g/mol. The predicted octanol–water partition coefficient (Wildman–Crippen LogP) is 4.94. The van der Waals surface area contributed by atoms with Crippen molar-refractivity contribution in [3.05, 3.63) is 60.2 Å². The second-order valence-corrected chi connectivity index (χ2v) is 12.7. The van der Waals surface area contributed by atoms with Gasteiger partial charge in [-0.3, -0.25) is 0 Å². The summed E-state index contributed by atoms with van der Waals surface area (Å²) in [6.07, 6.45) is 0.207. The van der Waals surface area contributed by atoms with Crippen molar-refractivity contribution in [3.8, 4) is 5.75 Å². The normalized spacial score (nSPS) is 19.2. The average Bonchev–Trinajstić information content (AvgIpc) is 2.83. The summed E-state index contributed by atoms with van der Waals surface area (Å²) in [5, 5.41) is 0. The molecule has 3 rings (SSSR count). The van der Waals surface area contributed by atoms with Crippen LogP contribution in [0, 0.1) is 5.92 Å². The lowest BCUT2D eigenvalue weighted by atomic mass is 9.99. The molecular formula is C28H40N2O6S. The number of benzene rings is 2. The molecule has 0 unspecified atom stereocenters. The van der Waals surface area contributed by atoms with E-state index in [9.17, 15) is 13.2 Å². The Hall–Kier alpha value is -2.62. The molecule has 1 amide bonds. The summed E-state index contributed by atoms with van der Waals surface area (Å²) in [5.41, 5.74) is 0.329. The quantitative estimate of drug-likeness (QED) is 0.455. The van der Waals surface area contributed by atoms with E-state index in [4.69, 9.17) is 14.2 Å². The molecular weight excluding hydrogens is 492 g/mol. The summed E-state index contributed by atoms with van der Waals surface area (Å²) in [6, 6.07) is 15.2. The van der Waals surface area contributed by atoms with Crippen molar-refractivity contribution in [3.63, 3.8) is 0 Å². The van der Waals surface area contributed by atoms with E-state index in [0.29, 0.717) is 18.8 Å². The number of hydrogen-bond donors (Lipinski definition) is 0. The number of rotatable bonds is 9. The van der Waals surface area contributed by atoms with Gasteiger partial charge in [0.15, 0.2) is 0 Å². The fourth-order valence-electron chi connectivity index (χ4n) is 4.41. The zero-order valence-electron chi connectivity index (χ0n) is 22.7. The molecule has 9 heteroatoms. The van der Waals surface area contributed by atoms with Crippen LogP contribution in [0.2, 0.25) is 0 Å². The first-order valence-electron chi connectivity index (χ1n) is 12.7. The van der Waals surface area contributed by atoms with E-state index in [2.05, 4.69) is 13.8 Å². The van der Waals surface area contributed by atoms with Crippen LogP contribution >= 0.6 is 0 Å². The number of piperazine rings is 1. The Morgan fingerprint density at radius 2 is 1.65 bits per heavy atom. The molecule has 1 saturated heterocycles. The summed E-state index contributed by atoms with van der Waals surface area (Å²) >= 11 is 0. The van der Waals surface area contributed by atoms with Crippen molar-refractivity contribution in [1.82, 2.24) is 9.21 Å².